The summed E-state index contributed by atoms with van der Waals surface area (Å²) < 4.78 is 13.3. The number of amides is 2. The lowest BCUT2D eigenvalue weighted by atomic mass is 10.0. The molecule has 152 valence electrons. The van der Waals surface area contributed by atoms with Gasteiger partial charge in [0, 0.05) is 37.3 Å². The van der Waals surface area contributed by atoms with Crippen molar-refractivity contribution in [2.24, 2.45) is 7.05 Å². The van der Waals surface area contributed by atoms with Gasteiger partial charge < -0.3 is 24.4 Å². The molecule has 0 spiro atoms. The molecule has 0 bridgehead atoms. The molecule has 29 heavy (non-hydrogen) atoms. The number of rotatable bonds is 4. The molecule has 0 radical (unpaired) electrons. The molecule has 1 aromatic carbocycles. The van der Waals surface area contributed by atoms with E-state index >= 15 is 0 Å². The Morgan fingerprint density at radius 1 is 1.31 bits per heavy atom. The second kappa shape index (κ2) is 8.08. The number of benzene rings is 1. The van der Waals surface area contributed by atoms with Crippen molar-refractivity contribution < 1.29 is 13.9 Å². The van der Waals surface area contributed by atoms with Crippen molar-refractivity contribution in [3.8, 4) is 11.5 Å². The van der Waals surface area contributed by atoms with Crippen LogP contribution in [0.4, 0.5) is 10.5 Å². The van der Waals surface area contributed by atoms with Gasteiger partial charge in [-0.05, 0) is 44.4 Å². The highest BCUT2D eigenvalue weighted by atomic mass is 16.5. The average molecular weight is 395 g/mol. The average Bonchev–Trinajstić information content (AvgIpc) is 3.32. The largest absolute Gasteiger partial charge is 0.444 e. The first kappa shape index (κ1) is 19.2. The lowest BCUT2D eigenvalue weighted by Crippen LogP contribution is -2.45. The highest BCUT2D eigenvalue weighted by molar-refractivity contribution is 5.91. The molecule has 0 saturated carbocycles. The van der Waals surface area contributed by atoms with Crippen LogP contribution in [0, 0.1) is 13.8 Å². The van der Waals surface area contributed by atoms with Crippen LogP contribution in [0.1, 0.15) is 36.0 Å². The maximum absolute atomic E-state index is 12.7. The minimum atomic E-state index is -0.274. The predicted molar refractivity (Wildman–Crippen MR) is 108 cm³/mol. The number of urea groups is 1. The van der Waals surface area contributed by atoms with E-state index in [1.165, 1.54) is 0 Å². The third-order valence-corrected chi connectivity index (χ3v) is 5.10. The lowest BCUT2D eigenvalue weighted by Gasteiger charge is -2.32. The first-order valence-corrected chi connectivity index (χ1v) is 9.71. The van der Waals surface area contributed by atoms with E-state index in [0.717, 1.165) is 35.5 Å². The molecule has 3 heterocycles. The Labute approximate surface area is 169 Å². The summed E-state index contributed by atoms with van der Waals surface area (Å²) in [4.78, 5) is 21.5. The SMILES string of the molecule is Cc1coc(-c2ccc(C)c(NC(=O)N[C@H]3CCCO[C@@H]3c3nccn3C)c2)n1. The molecule has 2 amide bonds. The van der Waals surface area contributed by atoms with Crippen molar-refractivity contribution >= 4 is 11.7 Å². The summed E-state index contributed by atoms with van der Waals surface area (Å²) >= 11 is 0. The van der Waals surface area contributed by atoms with Gasteiger partial charge in [-0.3, -0.25) is 0 Å². The van der Waals surface area contributed by atoms with Crippen molar-refractivity contribution in [3.05, 3.63) is 53.9 Å². The second-order valence-electron chi connectivity index (χ2n) is 7.36. The number of ether oxygens (including phenoxy) is 1. The number of aryl methyl sites for hydroxylation is 3. The van der Waals surface area contributed by atoms with E-state index in [9.17, 15) is 4.79 Å². The number of carbonyl (C=O) groups excluding carboxylic acids is 1. The normalized spacial score (nSPS) is 19.1. The molecular weight excluding hydrogens is 370 g/mol. The minimum absolute atomic E-state index is 0.150. The Morgan fingerprint density at radius 2 is 2.17 bits per heavy atom. The van der Waals surface area contributed by atoms with Gasteiger partial charge in [-0.25, -0.2) is 14.8 Å². The summed E-state index contributed by atoms with van der Waals surface area (Å²) in [5, 5.41) is 6.01. The van der Waals surface area contributed by atoms with E-state index < -0.39 is 0 Å². The van der Waals surface area contributed by atoms with Crippen LogP contribution in [0.3, 0.4) is 0 Å². The van der Waals surface area contributed by atoms with Gasteiger partial charge in [-0.1, -0.05) is 6.07 Å². The third kappa shape index (κ3) is 4.17. The van der Waals surface area contributed by atoms with E-state index in [0.29, 0.717) is 18.2 Å². The van der Waals surface area contributed by atoms with E-state index in [-0.39, 0.29) is 18.2 Å². The molecule has 8 nitrogen and oxygen atoms in total. The summed E-state index contributed by atoms with van der Waals surface area (Å²) in [5.74, 6) is 1.34. The Kier molecular flexibility index (Phi) is 5.35. The summed E-state index contributed by atoms with van der Waals surface area (Å²) in [6.07, 6.45) is 6.68. The molecular formula is C21H25N5O3. The fourth-order valence-corrected chi connectivity index (χ4v) is 3.54. The number of nitrogens with one attached hydrogen (secondary N) is 2. The standard InChI is InChI=1S/C21H25N5O3/c1-13-6-7-15(20-23-14(2)12-29-20)11-17(13)25-21(27)24-16-5-4-10-28-18(16)19-22-8-9-26(19)3/h6-9,11-12,16,18H,4-5,10H2,1-3H3,(H2,24,25,27)/t16-,18-/m0/s1. The van der Waals surface area contributed by atoms with E-state index in [1.54, 1.807) is 12.5 Å². The number of imidazole rings is 1. The van der Waals surface area contributed by atoms with Gasteiger partial charge in [0.25, 0.3) is 0 Å². The molecule has 3 aromatic rings. The topological polar surface area (TPSA) is 94.2 Å². The Balaban J connectivity index is 1.48. The number of nitrogens with zero attached hydrogens (tertiary/aromatic N) is 3. The fourth-order valence-electron chi connectivity index (χ4n) is 3.54. The van der Waals surface area contributed by atoms with Crippen LogP contribution in [-0.4, -0.2) is 33.2 Å². The van der Waals surface area contributed by atoms with Crippen LogP contribution in [0.5, 0.6) is 0 Å². The van der Waals surface area contributed by atoms with Gasteiger partial charge in [0.2, 0.25) is 5.89 Å². The molecule has 0 aliphatic carbocycles. The molecule has 0 unspecified atom stereocenters. The molecule has 8 heteroatoms. The molecule has 2 aromatic heterocycles. The highest BCUT2D eigenvalue weighted by Gasteiger charge is 2.31. The summed E-state index contributed by atoms with van der Waals surface area (Å²) in [5.41, 5.74) is 3.28. The zero-order valence-electron chi connectivity index (χ0n) is 16.8. The fraction of sp³-hybridized carbons (Fsp3) is 0.381. The summed E-state index contributed by atoms with van der Waals surface area (Å²) in [7, 11) is 1.93. The van der Waals surface area contributed by atoms with Gasteiger partial charge >= 0.3 is 6.03 Å². The molecule has 1 fully saturated rings. The smallest absolute Gasteiger partial charge is 0.319 e. The van der Waals surface area contributed by atoms with Crippen molar-refractivity contribution in [1.29, 1.82) is 0 Å². The number of aromatic nitrogens is 3. The Hall–Kier alpha value is -3.13. The van der Waals surface area contributed by atoms with Gasteiger partial charge in [-0.2, -0.15) is 0 Å². The van der Waals surface area contributed by atoms with Crippen molar-refractivity contribution in [3.63, 3.8) is 0 Å². The summed E-state index contributed by atoms with van der Waals surface area (Å²) in [6, 6.07) is 5.31. The van der Waals surface area contributed by atoms with Crippen LogP contribution in [0.25, 0.3) is 11.5 Å². The molecule has 2 N–H and O–H groups in total. The number of oxazole rings is 1. The first-order chi connectivity index (χ1) is 14.0. The van der Waals surface area contributed by atoms with Crippen LogP contribution < -0.4 is 10.6 Å². The first-order valence-electron chi connectivity index (χ1n) is 9.71. The van der Waals surface area contributed by atoms with Crippen molar-refractivity contribution in [2.75, 3.05) is 11.9 Å². The lowest BCUT2D eigenvalue weighted by molar-refractivity contribution is -0.0136. The second-order valence-corrected chi connectivity index (χ2v) is 7.36. The van der Waals surface area contributed by atoms with Gasteiger partial charge in [-0.15, -0.1) is 0 Å². The Morgan fingerprint density at radius 3 is 2.90 bits per heavy atom. The molecule has 2 atom stereocenters. The van der Waals surface area contributed by atoms with Crippen LogP contribution in [0.2, 0.25) is 0 Å². The quantitative estimate of drug-likeness (QED) is 0.702. The van der Waals surface area contributed by atoms with Crippen LogP contribution >= 0.6 is 0 Å². The van der Waals surface area contributed by atoms with Crippen molar-refractivity contribution in [1.82, 2.24) is 19.9 Å². The minimum Gasteiger partial charge on any atom is -0.444 e. The number of hydrogen-bond donors (Lipinski definition) is 2. The van der Waals surface area contributed by atoms with Crippen LogP contribution in [-0.2, 0) is 11.8 Å². The van der Waals surface area contributed by atoms with Gasteiger partial charge in [0.05, 0.1) is 11.7 Å². The summed E-state index contributed by atoms with van der Waals surface area (Å²) in [6.45, 7) is 4.48. The maximum Gasteiger partial charge on any atom is 0.319 e. The van der Waals surface area contributed by atoms with E-state index in [2.05, 4.69) is 20.6 Å². The number of anilines is 1. The van der Waals surface area contributed by atoms with E-state index in [1.807, 2.05) is 49.9 Å². The molecule has 1 aliphatic rings. The van der Waals surface area contributed by atoms with Gasteiger partial charge in [0.1, 0.15) is 18.2 Å². The Bertz CT molecular complexity index is 1010. The number of carbonyl (C=O) groups is 1. The van der Waals surface area contributed by atoms with Gasteiger partial charge in [0.15, 0.2) is 0 Å². The zero-order valence-corrected chi connectivity index (χ0v) is 16.8. The molecule has 1 saturated heterocycles. The molecule has 4 rings (SSSR count). The maximum atomic E-state index is 12.7. The predicted octanol–water partition coefficient (Wildman–Crippen LogP) is 3.73. The van der Waals surface area contributed by atoms with Crippen LogP contribution in [0.15, 0.2) is 41.3 Å². The highest BCUT2D eigenvalue weighted by Crippen LogP contribution is 2.28. The van der Waals surface area contributed by atoms with Crippen molar-refractivity contribution in [2.45, 2.75) is 38.8 Å². The number of hydrogen-bond acceptors (Lipinski definition) is 5. The molecule has 1 aliphatic heterocycles. The van der Waals surface area contributed by atoms with E-state index in [4.69, 9.17) is 9.15 Å². The third-order valence-electron chi connectivity index (χ3n) is 5.10. The monoisotopic (exact) mass is 395 g/mol. The zero-order chi connectivity index (χ0) is 20.4.